The number of carbonyl (C=O) groups excluding carboxylic acids is 1. The Morgan fingerprint density at radius 3 is 1.91 bits per heavy atom. The molecule has 0 aromatic heterocycles. The molecule has 0 saturated heterocycles. The van der Waals surface area contributed by atoms with E-state index in [2.05, 4.69) is 36.4 Å². The van der Waals surface area contributed by atoms with E-state index in [9.17, 15) is 4.79 Å². The average Bonchev–Trinajstić information content (AvgIpc) is 3.73. The van der Waals surface area contributed by atoms with Crippen molar-refractivity contribution < 1.29 is 14.3 Å². The largest absolute Gasteiger partial charge is 0.493 e. The fraction of sp³-hybridized carbons (Fsp3) is 0.536. The molecule has 4 aliphatic rings. The summed E-state index contributed by atoms with van der Waals surface area (Å²) in [4.78, 5) is 10.8. The maximum Gasteiger partial charge on any atom is 0.123 e. The molecule has 0 unspecified atom stereocenters. The number of benzene rings is 2. The van der Waals surface area contributed by atoms with E-state index in [1.165, 1.54) is 54.4 Å². The second-order valence-electron chi connectivity index (χ2n) is 9.74. The minimum Gasteiger partial charge on any atom is -0.493 e. The molecule has 0 amide bonds. The van der Waals surface area contributed by atoms with Crippen LogP contribution in [0, 0.1) is 11.8 Å². The number of ether oxygens (including phenoxy) is 2. The fourth-order valence-corrected chi connectivity index (χ4v) is 5.45. The summed E-state index contributed by atoms with van der Waals surface area (Å²) in [5, 5.41) is 0. The highest BCUT2D eigenvalue weighted by atomic mass is 16.5. The molecule has 0 bridgehead atoms. The summed E-state index contributed by atoms with van der Waals surface area (Å²) < 4.78 is 11.6. The Labute approximate surface area is 191 Å². The van der Waals surface area contributed by atoms with Gasteiger partial charge in [0.15, 0.2) is 0 Å². The van der Waals surface area contributed by atoms with Gasteiger partial charge in [-0.15, -0.1) is 0 Å². The molecule has 170 valence electrons. The lowest BCUT2D eigenvalue weighted by Gasteiger charge is -2.12. The molecule has 4 nitrogen and oxygen atoms in total. The zero-order valence-electron chi connectivity index (χ0n) is 18.9. The van der Waals surface area contributed by atoms with Crippen LogP contribution >= 0.6 is 0 Å². The van der Waals surface area contributed by atoms with E-state index >= 15 is 0 Å². The number of hydrogen-bond donors (Lipinski definition) is 1. The summed E-state index contributed by atoms with van der Waals surface area (Å²) in [6.45, 7) is 2.54. The normalized spacial score (nSPS) is 27.7. The Kier molecular flexibility index (Phi) is 6.49. The Hall–Kier alpha value is -2.33. The van der Waals surface area contributed by atoms with Gasteiger partial charge in [0.05, 0.1) is 13.2 Å². The molecule has 32 heavy (non-hydrogen) atoms. The third kappa shape index (κ3) is 4.56. The smallest absolute Gasteiger partial charge is 0.123 e. The molecule has 2 aliphatic carbocycles. The van der Waals surface area contributed by atoms with E-state index in [1.807, 2.05) is 0 Å². The van der Waals surface area contributed by atoms with Crippen molar-refractivity contribution in [2.75, 3.05) is 19.8 Å². The molecular weight excluding hydrogens is 398 g/mol. The number of hydrogen-bond acceptors (Lipinski definition) is 4. The van der Waals surface area contributed by atoms with Crippen molar-refractivity contribution in [2.45, 2.75) is 63.2 Å². The van der Waals surface area contributed by atoms with Crippen molar-refractivity contribution in [3.8, 4) is 11.5 Å². The Morgan fingerprint density at radius 2 is 1.41 bits per heavy atom. The van der Waals surface area contributed by atoms with Gasteiger partial charge in [0.1, 0.15) is 17.8 Å². The van der Waals surface area contributed by atoms with Crippen molar-refractivity contribution in [3.63, 3.8) is 0 Å². The number of aldehydes is 1. The van der Waals surface area contributed by atoms with E-state index in [-0.39, 0.29) is 5.92 Å². The Balaban J connectivity index is 0.000000135. The zero-order chi connectivity index (χ0) is 21.9. The number of carbonyl (C=O) groups is 1. The quantitative estimate of drug-likeness (QED) is 0.676. The van der Waals surface area contributed by atoms with Crippen molar-refractivity contribution in [2.24, 2.45) is 17.6 Å². The van der Waals surface area contributed by atoms with E-state index < -0.39 is 0 Å². The predicted octanol–water partition coefficient (Wildman–Crippen LogP) is 5.17. The van der Waals surface area contributed by atoms with Gasteiger partial charge in [-0.25, -0.2) is 0 Å². The second kappa shape index (κ2) is 9.66. The first-order valence-electron chi connectivity index (χ1n) is 12.4. The lowest BCUT2D eigenvalue weighted by molar-refractivity contribution is -0.108. The van der Waals surface area contributed by atoms with Crippen LogP contribution in [0.2, 0.25) is 0 Å². The molecular formula is C28H35NO3. The molecule has 0 spiro atoms. The molecule has 2 aliphatic heterocycles. The first-order chi connectivity index (χ1) is 15.8. The zero-order valence-corrected chi connectivity index (χ0v) is 18.9. The van der Waals surface area contributed by atoms with Gasteiger partial charge in [0.2, 0.25) is 0 Å². The minimum atomic E-state index is 0.259. The molecule has 4 atom stereocenters. The van der Waals surface area contributed by atoms with Gasteiger partial charge in [-0.3, -0.25) is 0 Å². The van der Waals surface area contributed by atoms with Gasteiger partial charge in [-0.05, 0) is 110 Å². The lowest BCUT2D eigenvalue weighted by atomic mass is 9.97. The van der Waals surface area contributed by atoms with Crippen LogP contribution in [0.4, 0.5) is 0 Å². The summed E-state index contributed by atoms with van der Waals surface area (Å²) in [5.41, 5.74) is 11.4. The van der Waals surface area contributed by atoms with Crippen LogP contribution < -0.4 is 15.2 Å². The van der Waals surface area contributed by atoms with E-state index in [0.717, 1.165) is 62.7 Å². The van der Waals surface area contributed by atoms with Gasteiger partial charge in [0, 0.05) is 5.92 Å². The molecule has 2 fully saturated rings. The van der Waals surface area contributed by atoms with Crippen LogP contribution in [0.3, 0.4) is 0 Å². The lowest BCUT2D eigenvalue weighted by Crippen LogP contribution is -2.03. The van der Waals surface area contributed by atoms with Gasteiger partial charge in [-0.2, -0.15) is 0 Å². The maximum absolute atomic E-state index is 10.8. The van der Waals surface area contributed by atoms with Gasteiger partial charge >= 0.3 is 0 Å². The second-order valence-corrected chi connectivity index (χ2v) is 9.74. The number of fused-ring (bicyclic) bond motifs is 2. The van der Waals surface area contributed by atoms with Crippen LogP contribution in [-0.4, -0.2) is 26.0 Å². The average molecular weight is 434 g/mol. The third-order valence-corrected chi connectivity index (χ3v) is 7.53. The molecule has 2 N–H and O–H groups in total. The monoisotopic (exact) mass is 433 g/mol. The van der Waals surface area contributed by atoms with Crippen molar-refractivity contribution in [3.05, 3.63) is 58.7 Å². The van der Waals surface area contributed by atoms with E-state index in [4.69, 9.17) is 15.2 Å². The van der Waals surface area contributed by atoms with Crippen LogP contribution in [0.15, 0.2) is 36.4 Å². The standard InChI is InChI=1S/C14H19NO.C14H16O2/c2*15-9-10-8-13(10)11-5-3-6-14-12(11)4-1-2-7-16-14/h3,5-6,10,13H,1-2,4,7-9,15H2;3,5-6,9-10,13H,1-2,4,7-8H2/t2*10-,13+/m00/s1. The summed E-state index contributed by atoms with van der Waals surface area (Å²) in [6.07, 6.45) is 10.4. The van der Waals surface area contributed by atoms with E-state index in [1.54, 1.807) is 0 Å². The summed E-state index contributed by atoms with van der Waals surface area (Å²) in [5.74, 6) is 4.32. The molecule has 2 heterocycles. The van der Waals surface area contributed by atoms with Crippen LogP contribution in [-0.2, 0) is 17.6 Å². The predicted molar refractivity (Wildman–Crippen MR) is 127 cm³/mol. The first kappa shape index (κ1) is 21.5. The summed E-state index contributed by atoms with van der Waals surface area (Å²) >= 11 is 0. The minimum absolute atomic E-state index is 0.259. The van der Waals surface area contributed by atoms with E-state index in [0.29, 0.717) is 11.8 Å². The highest BCUT2D eigenvalue weighted by Crippen LogP contribution is 2.50. The van der Waals surface area contributed by atoms with Crippen molar-refractivity contribution >= 4 is 6.29 Å². The molecule has 4 heteroatoms. The van der Waals surface area contributed by atoms with Crippen LogP contribution in [0.5, 0.6) is 11.5 Å². The third-order valence-electron chi connectivity index (χ3n) is 7.53. The summed E-state index contributed by atoms with van der Waals surface area (Å²) in [7, 11) is 0. The molecule has 6 rings (SSSR count). The fourth-order valence-electron chi connectivity index (χ4n) is 5.45. The molecule has 2 aromatic rings. The van der Waals surface area contributed by atoms with Gasteiger partial charge < -0.3 is 20.0 Å². The topological polar surface area (TPSA) is 61.5 Å². The highest BCUT2D eigenvalue weighted by Gasteiger charge is 2.40. The maximum atomic E-state index is 10.8. The molecule has 0 radical (unpaired) electrons. The Morgan fingerprint density at radius 1 is 0.812 bits per heavy atom. The number of nitrogens with two attached hydrogens (primary N) is 1. The molecule has 2 aromatic carbocycles. The van der Waals surface area contributed by atoms with Crippen LogP contribution in [0.1, 0.15) is 72.6 Å². The van der Waals surface area contributed by atoms with Gasteiger partial charge in [-0.1, -0.05) is 24.3 Å². The molecule has 2 saturated carbocycles. The van der Waals surface area contributed by atoms with Crippen molar-refractivity contribution in [1.82, 2.24) is 0 Å². The van der Waals surface area contributed by atoms with Crippen molar-refractivity contribution in [1.29, 1.82) is 0 Å². The SMILES string of the molecule is NC[C@@H]1C[C@H]1c1cccc2c1CCCCO2.O=C[C@@H]1C[C@H]1c1cccc2c1CCCCO2. The number of rotatable bonds is 4. The van der Waals surface area contributed by atoms with Crippen LogP contribution in [0.25, 0.3) is 0 Å². The highest BCUT2D eigenvalue weighted by molar-refractivity contribution is 5.62. The Bertz CT molecular complexity index is 956. The first-order valence-corrected chi connectivity index (χ1v) is 12.4. The van der Waals surface area contributed by atoms with Gasteiger partial charge in [0.25, 0.3) is 0 Å². The summed E-state index contributed by atoms with van der Waals surface area (Å²) in [6, 6.07) is 12.8.